The molecule has 0 amide bonds. The van der Waals surface area contributed by atoms with E-state index in [9.17, 15) is 4.79 Å². The van der Waals surface area contributed by atoms with Gasteiger partial charge in [-0.3, -0.25) is 9.36 Å². The molecule has 190 valence electrons. The molecular formula is C28H29ClN6O2. The third-order valence-electron chi connectivity index (χ3n) is 6.16. The quantitative estimate of drug-likeness (QED) is 0.348. The van der Waals surface area contributed by atoms with Crippen LogP contribution in [0.25, 0.3) is 22.2 Å². The fraction of sp³-hybridized carbons (Fsp3) is 0.250. The first-order chi connectivity index (χ1) is 17.7. The van der Waals surface area contributed by atoms with Gasteiger partial charge in [0.2, 0.25) is 5.95 Å². The van der Waals surface area contributed by atoms with Crippen molar-refractivity contribution in [3.8, 4) is 29.2 Å². The maximum absolute atomic E-state index is 13.5. The number of fused-ring (bicyclic) bond motifs is 1. The highest BCUT2D eigenvalue weighted by molar-refractivity contribution is 6.33. The molecule has 0 aliphatic heterocycles. The van der Waals surface area contributed by atoms with Crippen molar-refractivity contribution in [1.82, 2.24) is 19.4 Å². The molecule has 1 N–H and O–H groups in total. The van der Waals surface area contributed by atoms with Crippen LogP contribution in [0.5, 0.6) is 5.75 Å². The number of pyridine rings is 1. The third kappa shape index (κ3) is 5.38. The second-order valence-corrected chi connectivity index (χ2v) is 9.34. The molecule has 37 heavy (non-hydrogen) atoms. The van der Waals surface area contributed by atoms with Gasteiger partial charge in [0.05, 0.1) is 23.6 Å². The summed E-state index contributed by atoms with van der Waals surface area (Å²) in [6.07, 6.45) is 7.51. The number of likely N-dealkylation sites (N-methyl/N-ethyl adjacent to an activating group) is 2. The van der Waals surface area contributed by atoms with E-state index >= 15 is 0 Å². The lowest BCUT2D eigenvalue weighted by atomic mass is 9.99. The maximum atomic E-state index is 13.5. The van der Waals surface area contributed by atoms with E-state index in [4.69, 9.17) is 22.8 Å². The Bertz CT molecular complexity index is 1540. The van der Waals surface area contributed by atoms with E-state index in [1.165, 1.54) is 4.57 Å². The first-order valence-corrected chi connectivity index (χ1v) is 12.0. The first-order valence-electron chi connectivity index (χ1n) is 11.7. The summed E-state index contributed by atoms with van der Waals surface area (Å²) in [5.41, 5.74) is 3.21. The molecule has 8 nitrogen and oxygen atoms in total. The Hall–Kier alpha value is -4.06. The number of aryl methyl sites for hydroxylation is 1. The van der Waals surface area contributed by atoms with Crippen LogP contribution in [0.2, 0.25) is 5.02 Å². The number of benzene rings is 2. The Morgan fingerprint density at radius 3 is 2.51 bits per heavy atom. The van der Waals surface area contributed by atoms with Crippen molar-refractivity contribution in [2.45, 2.75) is 0 Å². The summed E-state index contributed by atoms with van der Waals surface area (Å²) in [4.78, 5) is 26.9. The van der Waals surface area contributed by atoms with Gasteiger partial charge in [0, 0.05) is 55.3 Å². The molecule has 2 aromatic heterocycles. The van der Waals surface area contributed by atoms with Gasteiger partial charge >= 0.3 is 0 Å². The lowest BCUT2D eigenvalue weighted by Gasteiger charge is -2.21. The van der Waals surface area contributed by atoms with Gasteiger partial charge in [-0.25, -0.2) is 4.98 Å². The van der Waals surface area contributed by atoms with E-state index in [2.05, 4.69) is 52.1 Å². The van der Waals surface area contributed by atoms with Gasteiger partial charge < -0.3 is 19.9 Å². The standard InChI is InChI=1S/C28H29ClN6O2/c1-7-21-23-17-30-28(31-18-8-10-19(11-9-18)34(4)15-14-33(2)3)32-26(23)35(5)27(36)25(21)22-16-20(37-6)12-13-24(22)29/h1,8-13,16-17H,14-15H2,2-6H3,(H,30,31,32). The Labute approximate surface area is 221 Å². The number of hydrogen-bond acceptors (Lipinski definition) is 7. The van der Waals surface area contributed by atoms with Gasteiger partial charge in [0.25, 0.3) is 5.56 Å². The van der Waals surface area contributed by atoms with Crippen LogP contribution in [-0.4, -0.2) is 60.8 Å². The van der Waals surface area contributed by atoms with Crippen molar-refractivity contribution in [2.24, 2.45) is 7.05 Å². The molecule has 2 heterocycles. The number of halogens is 1. The molecular weight excluding hydrogens is 488 g/mol. The molecule has 0 radical (unpaired) electrons. The summed E-state index contributed by atoms with van der Waals surface area (Å²) in [5, 5.41) is 4.18. The number of anilines is 3. The normalized spacial score (nSPS) is 11.0. The van der Waals surface area contributed by atoms with Gasteiger partial charge in [0.1, 0.15) is 11.4 Å². The molecule has 0 bridgehead atoms. The largest absolute Gasteiger partial charge is 0.497 e. The van der Waals surface area contributed by atoms with Crippen molar-refractivity contribution in [3.05, 3.63) is 69.6 Å². The van der Waals surface area contributed by atoms with Crippen molar-refractivity contribution in [2.75, 3.05) is 51.6 Å². The van der Waals surface area contributed by atoms with E-state index in [0.29, 0.717) is 44.4 Å². The van der Waals surface area contributed by atoms with Crippen LogP contribution in [0.4, 0.5) is 17.3 Å². The van der Waals surface area contributed by atoms with Crippen LogP contribution in [0.3, 0.4) is 0 Å². The van der Waals surface area contributed by atoms with Crippen LogP contribution in [0, 0.1) is 12.3 Å². The Balaban J connectivity index is 1.70. The van der Waals surface area contributed by atoms with Gasteiger partial charge in [0.15, 0.2) is 0 Å². The predicted molar refractivity (Wildman–Crippen MR) is 151 cm³/mol. The fourth-order valence-corrected chi connectivity index (χ4v) is 4.21. The Kier molecular flexibility index (Phi) is 7.67. The molecule has 0 fully saturated rings. The molecule has 0 saturated carbocycles. The van der Waals surface area contributed by atoms with Crippen molar-refractivity contribution < 1.29 is 4.74 Å². The summed E-state index contributed by atoms with van der Waals surface area (Å²) in [6.45, 7) is 1.88. The van der Waals surface area contributed by atoms with Gasteiger partial charge in [-0.05, 0) is 56.6 Å². The third-order valence-corrected chi connectivity index (χ3v) is 6.49. The number of ether oxygens (including phenoxy) is 1. The molecule has 4 rings (SSSR count). The van der Waals surface area contributed by atoms with Gasteiger partial charge in [-0.2, -0.15) is 4.98 Å². The zero-order valence-electron chi connectivity index (χ0n) is 21.5. The van der Waals surface area contributed by atoms with Crippen molar-refractivity contribution >= 4 is 40.0 Å². The molecule has 0 unspecified atom stereocenters. The molecule has 0 aliphatic rings. The molecule has 9 heteroatoms. The molecule has 2 aromatic carbocycles. The first kappa shape index (κ1) is 26.0. The SMILES string of the molecule is C#Cc1c(-c2cc(OC)ccc2Cl)c(=O)n(C)c2nc(Nc3ccc(N(C)CCN(C)C)cc3)ncc12. The highest BCUT2D eigenvalue weighted by Gasteiger charge is 2.20. The van der Waals surface area contributed by atoms with E-state index in [-0.39, 0.29) is 5.56 Å². The molecule has 0 spiro atoms. The Morgan fingerprint density at radius 2 is 1.86 bits per heavy atom. The number of hydrogen-bond donors (Lipinski definition) is 1. The summed E-state index contributed by atoms with van der Waals surface area (Å²) >= 11 is 6.45. The summed E-state index contributed by atoms with van der Waals surface area (Å²) in [7, 11) is 9.38. The second-order valence-electron chi connectivity index (χ2n) is 8.93. The van der Waals surface area contributed by atoms with Crippen LogP contribution in [0.1, 0.15) is 5.56 Å². The lowest BCUT2D eigenvalue weighted by molar-refractivity contribution is 0.415. The van der Waals surface area contributed by atoms with Crippen molar-refractivity contribution in [3.63, 3.8) is 0 Å². The second kappa shape index (κ2) is 10.9. The average molecular weight is 517 g/mol. The van der Waals surface area contributed by atoms with Crippen molar-refractivity contribution in [1.29, 1.82) is 0 Å². The number of nitrogens with zero attached hydrogens (tertiary/aromatic N) is 5. The maximum Gasteiger partial charge on any atom is 0.261 e. The van der Waals surface area contributed by atoms with Crippen LogP contribution in [0.15, 0.2) is 53.5 Å². The molecule has 0 aliphatic carbocycles. The lowest BCUT2D eigenvalue weighted by Crippen LogP contribution is -2.28. The van der Waals surface area contributed by atoms with E-state index in [1.54, 1.807) is 38.6 Å². The monoisotopic (exact) mass is 516 g/mol. The topological polar surface area (TPSA) is 75.5 Å². The summed E-state index contributed by atoms with van der Waals surface area (Å²) in [5.74, 6) is 3.57. The number of aromatic nitrogens is 3. The van der Waals surface area contributed by atoms with E-state index in [0.717, 1.165) is 24.5 Å². The predicted octanol–water partition coefficient (Wildman–Crippen LogP) is 4.38. The molecule has 0 saturated heterocycles. The number of terminal acetylenes is 1. The van der Waals surface area contributed by atoms with E-state index < -0.39 is 0 Å². The number of nitrogens with one attached hydrogen (secondary N) is 1. The van der Waals surface area contributed by atoms with Gasteiger partial charge in [-0.1, -0.05) is 17.5 Å². The Morgan fingerprint density at radius 1 is 1.14 bits per heavy atom. The van der Waals surface area contributed by atoms with E-state index in [1.807, 2.05) is 24.3 Å². The summed E-state index contributed by atoms with van der Waals surface area (Å²) < 4.78 is 6.78. The number of rotatable bonds is 8. The number of methoxy groups -OCH3 is 1. The minimum absolute atomic E-state index is 0.305. The van der Waals surface area contributed by atoms with Crippen LogP contribution in [-0.2, 0) is 7.05 Å². The average Bonchev–Trinajstić information content (AvgIpc) is 2.90. The highest BCUT2D eigenvalue weighted by atomic mass is 35.5. The highest BCUT2D eigenvalue weighted by Crippen LogP contribution is 2.34. The van der Waals surface area contributed by atoms with Gasteiger partial charge in [-0.15, -0.1) is 6.42 Å². The zero-order valence-corrected chi connectivity index (χ0v) is 22.3. The minimum Gasteiger partial charge on any atom is -0.497 e. The van der Waals surface area contributed by atoms with Crippen LogP contribution >= 0.6 is 11.6 Å². The van der Waals surface area contributed by atoms with Crippen LogP contribution < -0.4 is 20.5 Å². The molecule has 4 aromatic rings. The fourth-order valence-electron chi connectivity index (χ4n) is 4.00. The molecule has 0 atom stereocenters. The smallest absolute Gasteiger partial charge is 0.261 e. The minimum atomic E-state index is -0.314. The zero-order chi connectivity index (χ0) is 26.7. The summed E-state index contributed by atoms with van der Waals surface area (Å²) in [6, 6.07) is 13.1.